The van der Waals surface area contributed by atoms with Gasteiger partial charge in [0, 0.05) is 50.0 Å². The molecule has 0 radical (unpaired) electrons. The first kappa shape index (κ1) is 19.3. The molecule has 2 atom stereocenters. The fourth-order valence-corrected chi connectivity index (χ4v) is 3.43. The lowest BCUT2D eigenvalue weighted by Gasteiger charge is -2.38. The van der Waals surface area contributed by atoms with Gasteiger partial charge in [0.1, 0.15) is 11.6 Å². The van der Waals surface area contributed by atoms with E-state index >= 15 is 0 Å². The van der Waals surface area contributed by atoms with Crippen LogP contribution < -0.4 is 10.6 Å². The minimum Gasteiger partial charge on any atom is -0.396 e. The van der Waals surface area contributed by atoms with Crippen LogP contribution in [0.5, 0.6) is 0 Å². The van der Waals surface area contributed by atoms with Crippen LogP contribution in [0.4, 0.5) is 19.3 Å². The maximum atomic E-state index is 13.2. The molecule has 27 heavy (non-hydrogen) atoms. The number of aliphatic hydroxyl groups excluding tert-OH is 1. The van der Waals surface area contributed by atoms with Crippen LogP contribution in [0.15, 0.2) is 48.5 Å². The summed E-state index contributed by atoms with van der Waals surface area (Å²) >= 11 is 0. The van der Waals surface area contributed by atoms with E-state index in [9.17, 15) is 18.7 Å². The molecule has 1 aliphatic heterocycles. The van der Waals surface area contributed by atoms with Gasteiger partial charge in [0.25, 0.3) is 0 Å². The molecule has 3 N–H and O–H groups in total. The molecule has 1 heterocycles. The zero-order valence-corrected chi connectivity index (χ0v) is 14.9. The van der Waals surface area contributed by atoms with Gasteiger partial charge in [-0.1, -0.05) is 30.3 Å². The highest BCUT2D eigenvalue weighted by Crippen LogP contribution is 2.20. The molecular formula is C20H23F2N3O2. The van der Waals surface area contributed by atoms with Crippen LogP contribution in [0.25, 0.3) is 0 Å². The molecule has 144 valence electrons. The van der Waals surface area contributed by atoms with E-state index in [-0.39, 0.29) is 24.3 Å². The summed E-state index contributed by atoms with van der Waals surface area (Å²) in [4.78, 5) is 14.4. The summed E-state index contributed by atoms with van der Waals surface area (Å²) < 4.78 is 26.5. The largest absolute Gasteiger partial charge is 0.396 e. The molecule has 1 saturated heterocycles. The summed E-state index contributed by atoms with van der Waals surface area (Å²) in [6, 6.07) is 12.2. The average molecular weight is 375 g/mol. The van der Waals surface area contributed by atoms with Crippen molar-refractivity contribution >= 4 is 11.7 Å². The van der Waals surface area contributed by atoms with E-state index in [0.717, 1.165) is 31.3 Å². The first-order valence-electron chi connectivity index (χ1n) is 8.94. The van der Waals surface area contributed by atoms with Gasteiger partial charge in [-0.3, -0.25) is 4.90 Å². The molecular weight excluding hydrogens is 352 g/mol. The number of anilines is 1. The van der Waals surface area contributed by atoms with E-state index < -0.39 is 17.7 Å². The molecule has 1 fully saturated rings. The van der Waals surface area contributed by atoms with Crippen LogP contribution >= 0.6 is 0 Å². The molecule has 2 amide bonds. The second-order valence-corrected chi connectivity index (χ2v) is 6.82. The zero-order valence-electron chi connectivity index (χ0n) is 14.9. The lowest BCUT2D eigenvalue weighted by Crippen LogP contribution is -2.52. The molecule has 0 spiro atoms. The standard InChI is InChI=1S/C20H23F2N3O2/c21-16-8-17(22)10-18(9-16)23-20(27)24-19-6-7-25(12-15(19)13-26)11-14-4-2-1-3-5-14/h1-5,8-10,15,19,26H,6-7,11-13H2,(H2,23,24,27)/t15-,19+/m0/s1. The Labute approximate surface area is 157 Å². The molecule has 5 nitrogen and oxygen atoms in total. The van der Waals surface area contributed by atoms with E-state index in [1.54, 1.807) is 0 Å². The van der Waals surface area contributed by atoms with Crippen molar-refractivity contribution in [3.8, 4) is 0 Å². The first-order chi connectivity index (χ1) is 13.0. The number of amides is 2. The molecule has 2 aromatic rings. The Hall–Kier alpha value is -2.51. The van der Waals surface area contributed by atoms with Gasteiger partial charge in [-0.25, -0.2) is 13.6 Å². The number of nitrogens with one attached hydrogen (secondary N) is 2. The molecule has 3 rings (SSSR count). The van der Waals surface area contributed by atoms with Crippen molar-refractivity contribution in [1.82, 2.24) is 10.2 Å². The fraction of sp³-hybridized carbons (Fsp3) is 0.350. The first-order valence-corrected chi connectivity index (χ1v) is 8.94. The smallest absolute Gasteiger partial charge is 0.319 e. The monoisotopic (exact) mass is 375 g/mol. The number of carbonyl (C=O) groups excluding carboxylic acids is 1. The number of hydrogen-bond donors (Lipinski definition) is 3. The highest BCUT2D eigenvalue weighted by atomic mass is 19.1. The van der Waals surface area contributed by atoms with Crippen molar-refractivity contribution in [2.24, 2.45) is 5.92 Å². The molecule has 0 bridgehead atoms. The third-order valence-electron chi connectivity index (χ3n) is 4.74. The number of benzene rings is 2. The van der Waals surface area contributed by atoms with Crippen LogP contribution in [-0.2, 0) is 6.54 Å². The molecule has 0 aliphatic carbocycles. The number of piperidine rings is 1. The summed E-state index contributed by atoms with van der Waals surface area (Å²) in [5.41, 5.74) is 1.25. The van der Waals surface area contributed by atoms with Gasteiger partial charge in [0.15, 0.2) is 0 Å². The number of halogens is 2. The van der Waals surface area contributed by atoms with E-state index in [1.165, 1.54) is 5.56 Å². The summed E-state index contributed by atoms with van der Waals surface area (Å²) in [6.45, 7) is 2.18. The van der Waals surface area contributed by atoms with Crippen molar-refractivity contribution in [2.45, 2.75) is 19.0 Å². The Bertz CT molecular complexity index is 753. The van der Waals surface area contributed by atoms with E-state index in [1.807, 2.05) is 18.2 Å². The van der Waals surface area contributed by atoms with Gasteiger partial charge < -0.3 is 15.7 Å². The Kier molecular flexibility index (Phi) is 6.36. The Balaban J connectivity index is 1.55. The quantitative estimate of drug-likeness (QED) is 0.753. The summed E-state index contributed by atoms with van der Waals surface area (Å²) in [5.74, 6) is -1.63. The molecule has 0 aromatic heterocycles. The number of likely N-dealkylation sites (tertiary alicyclic amines) is 1. The van der Waals surface area contributed by atoms with Crippen LogP contribution in [-0.4, -0.2) is 41.8 Å². The highest BCUT2D eigenvalue weighted by molar-refractivity contribution is 5.89. The van der Waals surface area contributed by atoms with Crippen LogP contribution in [0.3, 0.4) is 0 Å². The lowest BCUT2D eigenvalue weighted by molar-refractivity contribution is 0.0895. The van der Waals surface area contributed by atoms with Gasteiger partial charge in [-0.15, -0.1) is 0 Å². The molecule has 7 heteroatoms. The Morgan fingerprint density at radius 3 is 2.52 bits per heavy atom. The SMILES string of the molecule is O=C(Nc1cc(F)cc(F)c1)N[C@@H]1CCN(Cc2ccccc2)C[C@H]1CO. The lowest BCUT2D eigenvalue weighted by atomic mass is 9.92. The van der Waals surface area contributed by atoms with E-state index in [0.29, 0.717) is 13.0 Å². The predicted molar refractivity (Wildman–Crippen MR) is 99.2 cm³/mol. The molecule has 0 saturated carbocycles. The van der Waals surface area contributed by atoms with Crippen molar-refractivity contribution in [2.75, 3.05) is 25.0 Å². The average Bonchev–Trinajstić information content (AvgIpc) is 2.63. The number of aliphatic hydroxyl groups is 1. The Morgan fingerprint density at radius 1 is 1.15 bits per heavy atom. The van der Waals surface area contributed by atoms with E-state index in [4.69, 9.17) is 0 Å². The van der Waals surface area contributed by atoms with Gasteiger partial charge in [0.05, 0.1) is 0 Å². The fourth-order valence-electron chi connectivity index (χ4n) is 3.43. The predicted octanol–water partition coefficient (Wildman–Crippen LogP) is 2.97. The number of urea groups is 1. The van der Waals surface area contributed by atoms with Crippen LogP contribution in [0.2, 0.25) is 0 Å². The highest BCUT2D eigenvalue weighted by Gasteiger charge is 2.30. The normalized spacial score (nSPS) is 20.3. The molecule has 0 unspecified atom stereocenters. The zero-order chi connectivity index (χ0) is 19.2. The second-order valence-electron chi connectivity index (χ2n) is 6.82. The van der Waals surface area contributed by atoms with Gasteiger partial charge in [-0.2, -0.15) is 0 Å². The topological polar surface area (TPSA) is 64.6 Å². The van der Waals surface area contributed by atoms with Crippen LogP contribution in [0, 0.1) is 17.6 Å². The maximum Gasteiger partial charge on any atom is 0.319 e. The third-order valence-corrected chi connectivity index (χ3v) is 4.74. The maximum absolute atomic E-state index is 13.2. The van der Waals surface area contributed by atoms with Crippen molar-refractivity contribution in [1.29, 1.82) is 0 Å². The van der Waals surface area contributed by atoms with Crippen molar-refractivity contribution < 1.29 is 18.7 Å². The van der Waals surface area contributed by atoms with Crippen molar-refractivity contribution in [3.63, 3.8) is 0 Å². The summed E-state index contributed by atoms with van der Waals surface area (Å²) in [7, 11) is 0. The van der Waals surface area contributed by atoms with E-state index in [2.05, 4.69) is 27.7 Å². The number of hydrogen-bond acceptors (Lipinski definition) is 3. The number of nitrogens with zero attached hydrogens (tertiary/aromatic N) is 1. The Morgan fingerprint density at radius 2 is 1.85 bits per heavy atom. The van der Waals surface area contributed by atoms with Gasteiger partial charge in [-0.05, 0) is 24.1 Å². The second kappa shape index (κ2) is 8.92. The summed E-state index contributed by atoms with van der Waals surface area (Å²) in [6.07, 6.45) is 0.684. The van der Waals surface area contributed by atoms with Crippen LogP contribution in [0.1, 0.15) is 12.0 Å². The van der Waals surface area contributed by atoms with Gasteiger partial charge in [0.2, 0.25) is 0 Å². The minimum atomic E-state index is -0.757. The molecule has 2 aromatic carbocycles. The number of carbonyl (C=O) groups is 1. The summed E-state index contributed by atoms with van der Waals surface area (Å²) in [5, 5.41) is 15.0. The minimum absolute atomic E-state index is 0.0482. The van der Waals surface area contributed by atoms with Gasteiger partial charge >= 0.3 is 6.03 Å². The third kappa shape index (κ3) is 5.48. The van der Waals surface area contributed by atoms with Crippen molar-refractivity contribution in [3.05, 3.63) is 65.7 Å². The molecule has 1 aliphatic rings. The number of rotatable bonds is 5.